The summed E-state index contributed by atoms with van der Waals surface area (Å²) in [4.78, 5) is 0. The highest BCUT2D eigenvalue weighted by Gasteiger charge is 2.34. The smallest absolute Gasteiger partial charge is 0.119 e. The first-order valence-corrected chi connectivity index (χ1v) is 12.2. The van der Waals surface area contributed by atoms with Gasteiger partial charge in [0.2, 0.25) is 0 Å². The molecule has 1 aliphatic rings. The Morgan fingerprint density at radius 3 is 2.26 bits per heavy atom. The van der Waals surface area contributed by atoms with Crippen molar-refractivity contribution in [3.05, 3.63) is 95.6 Å². The minimum atomic E-state index is -0.516. The summed E-state index contributed by atoms with van der Waals surface area (Å²) >= 11 is 0. The molecular weight excluding hydrogens is 442 g/mol. The average Bonchev–Trinajstić information content (AvgIpc) is 2.91. The summed E-state index contributed by atoms with van der Waals surface area (Å²) in [6.45, 7) is 3.59. The van der Waals surface area contributed by atoms with Crippen LogP contribution in [0.4, 0.5) is 0 Å². The fraction of sp³-hybridized carbons (Fsp3) is 0.379. The number of ether oxygens (including phenoxy) is 4. The van der Waals surface area contributed by atoms with Gasteiger partial charge in [-0.25, -0.2) is 0 Å². The van der Waals surface area contributed by atoms with Gasteiger partial charge < -0.3 is 29.4 Å². The number of hydrogen-bond donors (Lipinski definition) is 2. The van der Waals surface area contributed by atoms with Crippen LogP contribution in [0.1, 0.15) is 29.0 Å². The first kappa shape index (κ1) is 25.2. The van der Waals surface area contributed by atoms with E-state index >= 15 is 0 Å². The van der Waals surface area contributed by atoms with Crippen LogP contribution >= 0.6 is 0 Å². The summed E-state index contributed by atoms with van der Waals surface area (Å²) < 4.78 is 23.1. The Morgan fingerprint density at radius 1 is 0.800 bits per heavy atom. The number of methoxy groups -OCH3 is 1. The molecule has 3 aromatic rings. The molecule has 3 aromatic carbocycles. The third-order valence-corrected chi connectivity index (χ3v) is 6.22. The van der Waals surface area contributed by atoms with Crippen molar-refractivity contribution in [2.75, 3.05) is 33.4 Å². The van der Waals surface area contributed by atoms with Crippen molar-refractivity contribution in [3.63, 3.8) is 0 Å². The van der Waals surface area contributed by atoms with Crippen LogP contribution in [0.2, 0.25) is 0 Å². The predicted molar refractivity (Wildman–Crippen MR) is 136 cm³/mol. The first-order chi connectivity index (χ1) is 17.2. The molecule has 0 spiro atoms. The van der Waals surface area contributed by atoms with E-state index < -0.39 is 6.10 Å². The SMILES string of the molecule is COc1ccc(COC2CNCC(O)C2c2ccc(OCCCOCc3ccccc3)cc2)cc1. The summed E-state index contributed by atoms with van der Waals surface area (Å²) in [6, 6.07) is 26.0. The van der Waals surface area contributed by atoms with Crippen LogP contribution in [0.5, 0.6) is 11.5 Å². The lowest BCUT2D eigenvalue weighted by molar-refractivity contribution is -0.0328. The summed E-state index contributed by atoms with van der Waals surface area (Å²) in [7, 11) is 1.66. The Morgan fingerprint density at radius 2 is 1.51 bits per heavy atom. The van der Waals surface area contributed by atoms with Gasteiger partial charge in [0.05, 0.1) is 45.7 Å². The van der Waals surface area contributed by atoms with E-state index in [9.17, 15) is 5.11 Å². The standard InChI is InChI=1S/C29H35NO5/c1-32-25-12-8-23(9-13-25)21-35-28-19-30-18-27(31)29(28)24-10-14-26(15-11-24)34-17-5-16-33-20-22-6-3-2-4-7-22/h2-4,6-15,27-31H,5,16-21H2,1H3. The molecule has 3 unspecified atom stereocenters. The second-order valence-electron chi connectivity index (χ2n) is 8.76. The lowest BCUT2D eigenvalue weighted by atomic mass is 9.85. The summed E-state index contributed by atoms with van der Waals surface area (Å²) in [5.74, 6) is 1.54. The molecule has 1 saturated heterocycles. The molecule has 0 radical (unpaired) electrons. The van der Waals surface area contributed by atoms with E-state index in [4.69, 9.17) is 18.9 Å². The maximum Gasteiger partial charge on any atom is 0.119 e. The van der Waals surface area contributed by atoms with Crippen molar-refractivity contribution in [1.82, 2.24) is 5.32 Å². The largest absolute Gasteiger partial charge is 0.497 e. The monoisotopic (exact) mass is 477 g/mol. The van der Waals surface area contributed by atoms with E-state index in [1.807, 2.05) is 66.7 Å². The second kappa shape index (κ2) is 13.3. The molecule has 1 fully saturated rings. The Labute approximate surface area is 207 Å². The van der Waals surface area contributed by atoms with Crippen molar-refractivity contribution < 1.29 is 24.1 Å². The Kier molecular flexibility index (Phi) is 9.55. The van der Waals surface area contributed by atoms with Gasteiger partial charge in [-0.1, -0.05) is 54.6 Å². The average molecular weight is 478 g/mol. The number of hydrogen-bond acceptors (Lipinski definition) is 6. The zero-order valence-electron chi connectivity index (χ0n) is 20.3. The summed E-state index contributed by atoms with van der Waals surface area (Å²) in [6.07, 6.45) is 0.176. The van der Waals surface area contributed by atoms with Crippen molar-refractivity contribution in [2.45, 2.75) is 37.8 Å². The Balaban J connectivity index is 1.24. The number of nitrogens with one attached hydrogen (secondary N) is 1. The molecule has 1 heterocycles. The molecule has 186 valence electrons. The number of β-amino-alcohol motifs (C(OH)–C–C–N with tert-alkyl or cyclic N) is 1. The first-order valence-electron chi connectivity index (χ1n) is 12.2. The van der Waals surface area contributed by atoms with Gasteiger partial charge in [-0.3, -0.25) is 0 Å². The summed E-state index contributed by atoms with van der Waals surface area (Å²) in [5, 5.41) is 14.0. The number of aliphatic hydroxyl groups excluding tert-OH is 1. The minimum Gasteiger partial charge on any atom is -0.497 e. The van der Waals surface area contributed by atoms with Crippen molar-refractivity contribution in [2.24, 2.45) is 0 Å². The fourth-order valence-electron chi connectivity index (χ4n) is 4.30. The molecule has 1 aliphatic heterocycles. The number of benzene rings is 3. The highest BCUT2D eigenvalue weighted by atomic mass is 16.5. The quantitative estimate of drug-likeness (QED) is 0.379. The van der Waals surface area contributed by atoms with Gasteiger partial charge in [0.25, 0.3) is 0 Å². The molecule has 6 nitrogen and oxygen atoms in total. The van der Waals surface area contributed by atoms with Crippen LogP contribution < -0.4 is 14.8 Å². The Hall–Kier alpha value is -2.90. The molecule has 2 N–H and O–H groups in total. The number of piperidine rings is 1. The molecule has 0 bridgehead atoms. The van der Waals surface area contributed by atoms with Gasteiger partial charge in [-0.15, -0.1) is 0 Å². The van der Waals surface area contributed by atoms with Crippen LogP contribution in [0, 0.1) is 0 Å². The van der Waals surface area contributed by atoms with Gasteiger partial charge in [0.15, 0.2) is 0 Å². The van der Waals surface area contributed by atoms with Gasteiger partial charge in [0.1, 0.15) is 11.5 Å². The minimum absolute atomic E-state index is 0.102. The highest BCUT2D eigenvalue weighted by Crippen LogP contribution is 2.30. The Bertz CT molecular complexity index is 994. The highest BCUT2D eigenvalue weighted by molar-refractivity contribution is 5.32. The maximum atomic E-state index is 10.7. The van der Waals surface area contributed by atoms with Gasteiger partial charge in [0, 0.05) is 25.4 Å². The van der Waals surface area contributed by atoms with E-state index in [1.165, 1.54) is 5.56 Å². The zero-order valence-corrected chi connectivity index (χ0v) is 20.3. The lowest BCUT2D eigenvalue weighted by Crippen LogP contribution is -2.49. The molecule has 6 heteroatoms. The lowest BCUT2D eigenvalue weighted by Gasteiger charge is -2.36. The maximum absolute atomic E-state index is 10.7. The van der Waals surface area contributed by atoms with Crippen LogP contribution in [-0.4, -0.2) is 50.7 Å². The van der Waals surface area contributed by atoms with Gasteiger partial charge in [-0.2, -0.15) is 0 Å². The second-order valence-corrected chi connectivity index (χ2v) is 8.76. The van der Waals surface area contributed by atoms with Crippen LogP contribution in [-0.2, 0) is 22.7 Å². The van der Waals surface area contributed by atoms with E-state index in [2.05, 4.69) is 17.4 Å². The van der Waals surface area contributed by atoms with Gasteiger partial charge in [-0.05, 0) is 41.0 Å². The molecule has 0 aliphatic carbocycles. The van der Waals surface area contributed by atoms with Crippen LogP contribution in [0.15, 0.2) is 78.9 Å². The number of aliphatic hydroxyl groups is 1. The topological polar surface area (TPSA) is 69.2 Å². The summed E-state index contributed by atoms with van der Waals surface area (Å²) in [5.41, 5.74) is 3.30. The molecule has 0 saturated carbocycles. The van der Waals surface area contributed by atoms with E-state index in [0.29, 0.717) is 39.5 Å². The van der Waals surface area contributed by atoms with E-state index in [0.717, 1.165) is 29.0 Å². The molecule has 0 aromatic heterocycles. The third-order valence-electron chi connectivity index (χ3n) is 6.22. The molecule has 0 amide bonds. The zero-order chi connectivity index (χ0) is 24.3. The van der Waals surface area contributed by atoms with Crippen LogP contribution in [0.25, 0.3) is 0 Å². The predicted octanol–water partition coefficient (Wildman–Crippen LogP) is 4.31. The van der Waals surface area contributed by atoms with Crippen LogP contribution in [0.3, 0.4) is 0 Å². The normalized spacial score (nSPS) is 19.9. The van der Waals surface area contributed by atoms with Gasteiger partial charge >= 0.3 is 0 Å². The molecule has 3 atom stereocenters. The molecule has 35 heavy (non-hydrogen) atoms. The van der Waals surface area contributed by atoms with Crippen molar-refractivity contribution >= 4 is 0 Å². The molecular formula is C29H35NO5. The fourth-order valence-corrected chi connectivity index (χ4v) is 4.30. The van der Waals surface area contributed by atoms with Crippen molar-refractivity contribution in [1.29, 1.82) is 0 Å². The van der Waals surface area contributed by atoms with E-state index in [-0.39, 0.29) is 12.0 Å². The third kappa shape index (κ3) is 7.54. The van der Waals surface area contributed by atoms with Crippen molar-refractivity contribution in [3.8, 4) is 11.5 Å². The molecule has 4 rings (SSSR count). The number of rotatable bonds is 12. The van der Waals surface area contributed by atoms with E-state index in [1.54, 1.807) is 7.11 Å².